The maximum Gasteiger partial charge on any atom is 0.329 e. The second kappa shape index (κ2) is 6.36. The number of carbonyl (C=O) groups excluding carboxylic acids is 2. The molecule has 1 aromatic rings. The number of urea groups is 1. The Morgan fingerprint density at radius 1 is 1.27 bits per heavy atom. The summed E-state index contributed by atoms with van der Waals surface area (Å²) < 4.78 is 0.793. The van der Waals surface area contributed by atoms with Crippen LogP contribution in [0.15, 0.2) is 16.9 Å². The number of aromatic nitrogens is 1. The van der Waals surface area contributed by atoms with Crippen LogP contribution >= 0.6 is 15.9 Å². The Kier molecular flexibility index (Phi) is 4.47. The van der Waals surface area contributed by atoms with Crippen LogP contribution in [-0.4, -0.2) is 23.0 Å². The van der Waals surface area contributed by atoms with Gasteiger partial charge in [0.2, 0.25) is 0 Å². The predicted molar refractivity (Wildman–Crippen MR) is 87.7 cm³/mol. The molecule has 1 saturated carbocycles. The summed E-state index contributed by atoms with van der Waals surface area (Å²) >= 11 is 3.40. The lowest BCUT2D eigenvalue weighted by Crippen LogP contribution is -2.33. The average Bonchev–Trinajstić information content (AvgIpc) is 2.78. The van der Waals surface area contributed by atoms with Gasteiger partial charge < -0.3 is 5.32 Å². The number of halogens is 1. The fourth-order valence-corrected chi connectivity index (χ4v) is 3.71. The fourth-order valence-electron chi connectivity index (χ4n) is 3.39. The maximum absolute atomic E-state index is 12.7. The van der Waals surface area contributed by atoms with Gasteiger partial charge in [-0.25, -0.2) is 9.69 Å². The molecule has 1 atom stereocenters. The Balaban J connectivity index is 1.78. The van der Waals surface area contributed by atoms with Gasteiger partial charge in [0.1, 0.15) is 6.04 Å². The number of imide groups is 1. The number of hydrogen-bond acceptors (Lipinski definition) is 3. The van der Waals surface area contributed by atoms with Crippen LogP contribution in [0.5, 0.6) is 0 Å². The number of amides is 3. The quantitative estimate of drug-likeness (QED) is 0.833. The van der Waals surface area contributed by atoms with E-state index < -0.39 is 6.04 Å². The molecule has 22 heavy (non-hydrogen) atoms. The van der Waals surface area contributed by atoms with E-state index in [0.717, 1.165) is 29.3 Å². The lowest BCUT2D eigenvalue weighted by atomic mass is 9.85. The normalized spacial score (nSPS) is 23.0. The molecule has 2 heterocycles. The molecule has 3 rings (SSSR count). The number of nitrogens with zero attached hydrogens (tertiary/aromatic N) is 2. The molecule has 118 valence electrons. The van der Waals surface area contributed by atoms with Crippen LogP contribution in [0.25, 0.3) is 0 Å². The Bertz CT molecular complexity index is 599. The van der Waals surface area contributed by atoms with Crippen LogP contribution in [-0.2, 0) is 4.79 Å². The Morgan fingerprint density at radius 2 is 2.00 bits per heavy atom. The van der Waals surface area contributed by atoms with Gasteiger partial charge in [-0.15, -0.1) is 0 Å². The Hall–Kier alpha value is -1.43. The SMILES string of the molecule is Cc1c(Br)cncc1N1C(=O)N[C@@H](CC2CCCCC2)C1=O. The van der Waals surface area contributed by atoms with Crippen molar-refractivity contribution in [3.8, 4) is 0 Å². The summed E-state index contributed by atoms with van der Waals surface area (Å²) in [6.07, 6.45) is 10.1. The third-order valence-corrected chi connectivity index (χ3v) is 5.48. The number of rotatable bonds is 3. The van der Waals surface area contributed by atoms with Crippen molar-refractivity contribution in [3.63, 3.8) is 0 Å². The van der Waals surface area contributed by atoms with E-state index in [9.17, 15) is 9.59 Å². The first-order chi connectivity index (χ1) is 10.6. The average molecular weight is 366 g/mol. The Morgan fingerprint density at radius 3 is 2.73 bits per heavy atom. The minimum Gasteiger partial charge on any atom is -0.325 e. The maximum atomic E-state index is 12.7. The lowest BCUT2D eigenvalue weighted by Gasteiger charge is -2.23. The second-order valence-electron chi connectivity index (χ2n) is 6.18. The van der Waals surface area contributed by atoms with Crippen molar-refractivity contribution < 1.29 is 9.59 Å². The molecule has 0 radical (unpaired) electrons. The topological polar surface area (TPSA) is 62.3 Å². The summed E-state index contributed by atoms with van der Waals surface area (Å²) in [7, 11) is 0. The molecule has 1 aromatic heterocycles. The molecule has 3 amide bonds. The van der Waals surface area contributed by atoms with Gasteiger partial charge in [-0.05, 0) is 40.8 Å². The first-order valence-electron chi connectivity index (χ1n) is 7.82. The van der Waals surface area contributed by atoms with E-state index in [1.54, 1.807) is 12.4 Å². The summed E-state index contributed by atoms with van der Waals surface area (Å²) in [5, 5.41) is 2.84. The highest BCUT2D eigenvalue weighted by Gasteiger charge is 2.40. The highest BCUT2D eigenvalue weighted by atomic mass is 79.9. The standard InChI is InChI=1S/C16H20BrN3O2/c1-10-12(17)8-18-9-14(10)20-15(21)13(19-16(20)22)7-11-5-3-2-4-6-11/h8-9,11,13H,2-7H2,1H3,(H,19,22)/t13-/m0/s1. The van der Waals surface area contributed by atoms with Crippen LogP contribution in [0.2, 0.25) is 0 Å². The third-order valence-electron chi connectivity index (χ3n) is 4.68. The van der Waals surface area contributed by atoms with Crippen molar-refractivity contribution in [2.24, 2.45) is 5.92 Å². The van der Waals surface area contributed by atoms with Crippen molar-refractivity contribution in [2.75, 3.05) is 4.90 Å². The molecule has 0 bridgehead atoms. The molecule has 1 N–H and O–H groups in total. The minimum absolute atomic E-state index is 0.154. The van der Waals surface area contributed by atoms with E-state index in [-0.39, 0.29) is 11.9 Å². The summed E-state index contributed by atoms with van der Waals surface area (Å²) in [6.45, 7) is 1.87. The number of pyridine rings is 1. The zero-order valence-electron chi connectivity index (χ0n) is 12.6. The van der Waals surface area contributed by atoms with Crippen LogP contribution in [0.4, 0.5) is 10.5 Å². The number of anilines is 1. The van der Waals surface area contributed by atoms with Gasteiger partial charge in [-0.2, -0.15) is 0 Å². The van der Waals surface area contributed by atoms with Gasteiger partial charge in [0.25, 0.3) is 5.91 Å². The number of carbonyl (C=O) groups is 2. The van der Waals surface area contributed by atoms with Gasteiger partial charge in [0, 0.05) is 10.7 Å². The van der Waals surface area contributed by atoms with Gasteiger partial charge in [0.05, 0.1) is 11.9 Å². The van der Waals surface area contributed by atoms with E-state index in [1.165, 1.54) is 24.2 Å². The van der Waals surface area contributed by atoms with Crippen LogP contribution in [0.1, 0.15) is 44.1 Å². The number of hydrogen-bond donors (Lipinski definition) is 1. The van der Waals surface area contributed by atoms with Crippen LogP contribution in [0, 0.1) is 12.8 Å². The molecule has 0 aromatic carbocycles. The monoisotopic (exact) mass is 365 g/mol. The van der Waals surface area contributed by atoms with Crippen molar-refractivity contribution >= 4 is 33.6 Å². The zero-order valence-corrected chi connectivity index (χ0v) is 14.2. The zero-order chi connectivity index (χ0) is 15.7. The lowest BCUT2D eigenvalue weighted by molar-refractivity contribution is -0.118. The molecule has 1 saturated heterocycles. The van der Waals surface area contributed by atoms with Gasteiger partial charge in [-0.3, -0.25) is 9.78 Å². The molecule has 1 aliphatic heterocycles. The van der Waals surface area contributed by atoms with Crippen molar-refractivity contribution in [3.05, 3.63) is 22.4 Å². The molecule has 1 aliphatic carbocycles. The molecule has 2 aliphatic rings. The van der Waals surface area contributed by atoms with E-state index in [1.807, 2.05) is 6.92 Å². The van der Waals surface area contributed by atoms with Crippen molar-refractivity contribution in [2.45, 2.75) is 51.5 Å². The first kappa shape index (κ1) is 15.5. The Labute approximate surface area is 138 Å². The predicted octanol–water partition coefficient (Wildman–Crippen LogP) is 3.55. The summed E-state index contributed by atoms with van der Waals surface area (Å²) in [5.41, 5.74) is 1.40. The van der Waals surface area contributed by atoms with E-state index in [2.05, 4.69) is 26.2 Å². The van der Waals surface area contributed by atoms with Crippen molar-refractivity contribution in [1.29, 1.82) is 0 Å². The van der Waals surface area contributed by atoms with E-state index in [4.69, 9.17) is 0 Å². The van der Waals surface area contributed by atoms with E-state index in [0.29, 0.717) is 11.6 Å². The molecule has 0 spiro atoms. The van der Waals surface area contributed by atoms with Crippen LogP contribution < -0.4 is 10.2 Å². The minimum atomic E-state index is -0.394. The highest BCUT2D eigenvalue weighted by molar-refractivity contribution is 9.10. The summed E-state index contributed by atoms with van der Waals surface area (Å²) in [4.78, 5) is 30.2. The summed E-state index contributed by atoms with van der Waals surface area (Å²) in [6, 6.07) is -0.734. The smallest absolute Gasteiger partial charge is 0.325 e. The summed E-state index contributed by atoms with van der Waals surface area (Å²) in [5.74, 6) is 0.392. The fraction of sp³-hybridized carbons (Fsp3) is 0.562. The molecule has 5 nitrogen and oxygen atoms in total. The second-order valence-corrected chi connectivity index (χ2v) is 7.04. The van der Waals surface area contributed by atoms with Gasteiger partial charge >= 0.3 is 6.03 Å². The van der Waals surface area contributed by atoms with E-state index >= 15 is 0 Å². The third kappa shape index (κ3) is 2.89. The largest absolute Gasteiger partial charge is 0.329 e. The first-order valence-corrected chi connectivity index (χ1v) is 8.62. The van der Waals surface area contributed by atoms with Gasteiger partial charge in [-0.1, -0.05) is 32.1 Å². The van der Waals surface area contributed by atoms with Crippen LogP contribution in [0.3, 0.4) is 0 Å². The number of nitrogens with one attached hydrogen (secondary N) is 1. The molecule has 0 unspecified atom stereocenters. The van der Waals surface area contributed by atoms with Crippen molar-refractivity contribution in [1.82, 2.24) is 10.3 Å². The van der Waals surface area contributed by atoms with Gasteiger partial charge in [0.15, 0.2) is 0 Å². The molecule has 2 fully saturated rings. The molecule has 6 heteroatoms. The molecular weight excluding hydrogens is 346 g/mol. The highest BCUT2D eigenvalue weighted by Crippen LogP contribution is 2.32. The molecular formula is C16H20BrN3O2.